The molecule has 0 unspecified atom stereocenters. The molecule has 1 aromatic carbocycles. The van der Waals surface area contributed by atoms with E-state index in [4.69, 9.17) is 9.47 Å². The van der Waals surface area contributed by atoms with Crippen molar-refractivity contribution in [3.8, 4) is 11.8 Å². The SMILES string of the molecule is N#Cc1ccc2cc1OC/C=C\CNc1ncc(C(=O)NC3CCC(C(=O)N4CCOCC4)CC3)c(n1)N2. The number of carbonyl (C=O) groups excluding carboxylic acids is 2. The maximum absolute atomic E-state index is 13.3. The van der Waals surface area contributed by atoms with Crippen molar-refractivity contribution in [3.05, 3.63) is 47.7 Å². The van der Waals surface area contributed by atoms with E-state index in [2.05, 4.69) is 32.0 Å². The van der Waals surface area contributed by atoms with Gasteiger partial charge in [0.2, 0.25) is 11.9 Å². The van der Waals surface area contributed by atoms with Crippen LogP contribution in [0.4, 0.5) is 17.5 Å². The molecule has 1 aromatic heterocycles. The molecule has 11 heteroatoms. The molecule has 38 heavy (non-hydrogen) atoms. The molecule has 11 nitrogen and oxygen atoms in total. The van der Waals surface area contributed by atoms with Gasteiger partial charge in [-0.2, -0.15) is 10.2 Å². The number of morpholine rings is 1. The number of hydrogen-bond donors (Lipinski definition) is 3. The molecule has 2 aliphatic heterocycles. The summed E-state index contributed by atoms with van der Waals surface area (Å²) in [5.41, 5.74) is 1.35. The Kier molecular flexibility index (Phi) is 7.99. The molecule has 198 valence electrons. The van der Waals surface area contributed by atoms with E-state index in [1.165, 1.54) is 6.20 Å². The van der Waals surface area contributed by atoms with E-state index in [0.717, 1.165) is 25.7 Å². The molecule has 3 heterocycles. The highest BCUT2D eigenvalue weighted by molar-refractivity contribution is 5.99. The Morgan fingerprint density at radius 1 is 1.13 bits per heavy atom. The minimum atomic E-state index is -0.281. The van der Waals surface area contributed by atoms with Crippen molar-refractivity contribution < 1.29 is 19.1 Å². The third kappa shape index (κ3) is 6.03. The molecule has 0 radical (unpaired) electrons. The fourth-order valence-corrected chi connectivity index (χ4v) is 4.91. The summed E-state index contributed by atoms with van der Waals surface area (Å²) in [7, 11) is 0. The quantitative estimate of drug-likeness (QED) is 0.524. The number of benzene rings is 1. The van der Waals surface area contributed by atoms with Crippen molar-refractivity contribution in [1.29, 1.82) is 5.26 Å². The molecular weight excluding hydrogens is 486 g/mol. The van der Waals surface area contributed by atoms with Crippen LogP contribution in [-0.2, 0) is 9.53 Å². The number of ether oxygens (including phenoxy) is 2. The standard InChI is InChI=1S/C27H31N7O4/c28-16-19-5-8-21-15-23(19)38-12-2-1-9-29-27-30-17-22(24(31-21)33-27)25(35)32-20-6-3-18(4-7-20)26(36)34-10-13-37-14-11-34/h1-2,5,8,15,17-18,20H,3-4,6-7,9-14H2,(H,32,35)(H2,29,30,31,33)/b2-1-. The first-order chi connectivity index (χ1) is 18.6. The van der Waals surface area contributed by atoms with Gasteiger partial charge in [0, 0.05) is 49.5 Å². The van der Waals surface area contributed by atoms with Gasteiger partial charge in [0.1, 0.15) is 29.8 Å². The summed E-state index contributed by atoms with van der Waals surface area (Å²) in [6.45, 7) is 3.28. The Hall–Kier alpha value is -4.17. The number of rotatable bonds is 3. The normalized spacial score (nSPS) is 22.0. The van der Waals surface area contributed by atoms with Gasteiger partial charge in [0.15, 0.2) is 0 Å². The number of amides is 2. The lowest BCUT2D eigenvalue weighted by molar-refractivity contribution is -0.140. The fraction of sp³-hybridized carbons (Fsp3) is 0.444. The molecular formula is C27H31N7O4. The van der Waals surface area contributed by atoms with Crippen LogP contribution in [0.15, 0.2) is 36.5 Å². The molecule has 2 fully saturated rings. The molecule has 1 saturated heterocycles. The summed E-state index contributed by atoms with van der Waals surface area (Å²) in [6, 6.07) is 7.22. The van der Waals surface area contributed by atoms with E-state index < -0.39 is 0 Å². The van der Waals surface area contributed by atoms with Crippen LogP contribution in [0.3, 0.4) is 0 Å². The van der Waals surface area contributed by atoms with Gasteiger partial charge in [0.25, 0.3) is 5.91 Å². The zero-order valence-corrected chi connectivity index (χ0v) is 21.1. The smallest absolute Gasteiger partial charge is 0.256 e. The minimum Gasteiger partial charge on any atom is -0.488 e. The summed E-state index contributed by atoms with van der Waals surface area (Å²) in [5, 5.41) is 18.8. The Bertz CT molecular complexity index is 1240. The van der Waals surface area contributed by atoms with Crippen molar-refractivity contribution in [3.63, 3.8) is 0 Å². The molecule has 4 bridgehead atoms. The summed E-state index contributed by atoms with van der Waals surface area (Å²) in [6.07, 6.45) is 8.19. The molecule has 1 saturated carbocycles. The molecule has 0 spiro atoms. The number of hydrogen-bond acceptors (Lipinski definition) is 9. The van der Waals surface area contributed by atoms with Crippen LogP contribution in [0.2, 0.25) is 0 Å². The number of aromatic nitrogens is 2. The van der Waals surface area contributed by atoms with Crippen LogP contribution in [0.1, 0.15) is 41.6 Å². The van der Waals surface area contributed by atoms with Crippen molar-refractivity contribution in [2.45, 2.75) is 31.7 Å². The van der Waals surface area contributed by atoms with Crippen molar-refractivity contribution >= 4 is 29.3 Å². The Morgan fingerprint density at radius 2 is 1.95 bits per heavy atom. The number of anilines is 3. The zero-order valence-electron chi connectivity index (χ0n) is 21.1. The lowest BCUT2D eigenvalue weighted by Crippen LogP contribution is -2.46. The highest BCUT2D eigenvalue weighted by atomic mass is 16.5. The molecule has 5 rings (SSSR count). The average Bonchev–Trinajstić information content (AvgIpc) is 2.96. The maximum Gasteiger partial charge on any atom is 0.256 e. The molecule has 3 N–H and O–H groups in total. The fourth-order valence-electron chi connectivity index (χ4n) is 4.91. The summed E-state index contributed by atoms with van der Waals surface area (Å²) < 4.78 is 11.1. The molecule has 3 aliphatic rings. The first kappa shape index (κ1) is 25.5. The number of carbonyl (C=O) groups is 2. The Morgan fingerprint density at radius 3 is 2.74 bits per heavy atom. The van der Waals surface area contributed by atoms with E-state index >= 15 is 0 Å². The predicted molar refractivity (Wildman–Crippen MR) is 140 cm³/mol. The van der Waals surface area contributed by atoms with E-state index in [1.807, 2.05) is 17.1 Å². The van der Waals surface area contributed by atoms with Crippen LogP contribution in [-0.4, -0.2) is 72.2 Å². The molecule has 2 amide bonds. The number of fused-ring (bicyclic) bond motifs is 4. The van der Waals surface area contributed by atoms with Crippen LogP contribution in [0, 0.1) is 17.2 Å². The van der Waals surface area contributed by atoms with E-state index in [0.29, 0.717) is 73.8 Å². The Balaban J connectivity index is 1.28. The van der Waals surface area contributed by atoms with E-state index in [1.54, 1.807) is 18.2 Å². The first-order valence-corrected chi connectivity index (χ1v) is 13.0. The molecule has 0 atom stereocenters. The lowest BCUT2D eigenvalue weighted by Gasteiger charge is -2.34. The largest absolute Gasteiger partial charge is 0.488 e. The van der Waals surface area contributed by atoms with Crippen LogP contribution >= 0.6 is 0 Å². The minimum absolute atomic E-state index is 0.00309. The third-order valence-corrected chi connectivity index (χ3v) is 7.01. The zero-order chi connectivity index (χ0) is 26.3. The average molecular weight is 518 g/mol. The van der Waals surface area contributed by atoms with Crippen LogP contribution in [0.25, 0.3) is 0 Å². The second-order valence-electron chi connectivity index (χ2n) is 9.53. The monoisotopic (exact) mass is 517 g/mol. The van der Waals surface area contributed by atoms with Crippen LogP contribution in [0.5, 0.6) is 5.75 Å². The number of nitrogens with zero attached hydrogens (tertiary/aromatic N) is 4. The van der Waals surface area contributed by atoms with Gasteiger partial charge >= 0.3 is 0 Å². The van der Waals surface area contributed by atoms with Gasteiger partial charge in [0.05, 0.1) is 18.8 Å². The maximum atomic E-state index is 13.3. The second kappa shape index (κ2) is 11.9. The highest BCUT2D eigenvalue weighted by Gasteiger charge is 2.31. The number of nitriles is 1. The summed E-state index contributed by atoms with van der Waals surface area (Å²) in [5.74, 6) is 1.08. The van der Waals surface area contributed by atoms with Gasteiger partial charge in [-0.25, -0.2) is 4.98 Å². The van der Waals surface area contributed by atoms with Gasteiger partial charge in [-0.15, -0.1) is 0 Å². The van der Waals surface area contributed by atoms with Crippen molar-refractivity contribution in [2.75, 3.05) is 50.1 Å². The van der Waals surface area contributed by atoms with Gasteiger partial charge in [-0.1, -0.05) is 6.08 Å². The van der Waals surface area contributed by atoms with Gasteiger partial charge < -0.3 is 30.3 Å². The lowest BCUT2D eigenvalue weighted by atomic mass is 9.85. The molecule has 1 aliphatic carbocycles. The van der Waals surface area contributed by atoms with E-state index in [9.17, 15) is 14.9 Å². The van der Waals surface area contributed by atoms with Gasteiger partial charge in [-0.05, 0) is 43.9 Å². The Labute approximate surface area is 221 Å². The van der Waals surface area contributed by atoms with E-state index in [-0.39, 0.29) is 23.8 Å². The van der Waals surface area contributed by atoms with Crippen molar-refractivity contribution in [2.24, 2.45) is 5.92 Å². The second-order valence-corrected chi connectivity index (χ2v) is 9.53. The summed E-state index contributed by atoms with van der Waals surface area (Å²) in [4.78, 5) is 36.9. The topological polar surface area (TPSA) is 141 Å². The third-order valence-electron chi connectivity index (χ3n) is 7.01. The first-order valence-electron chi connectivity index (χ1n) is 13.0. The summed E-state index contributed by atoms with van der Waals surface area (Å²) >= 11 is 0. The van der Waals surface area contributed by atoms with Gasteiger partial charge in [-0.3, -0.25) is 9.59 Å². The van der Waals surface area contributed by atoms with Crippen molar-refractivity contribution in [1.82, 2.24) is 20.2 Å². The molecule has 2 aromatic rings. The number of nitrogens with one attached hydrogen (secondary N) is 3. The van der Waals surface area contributed by atoms with Crippen LogP contribution < -0.4 is 20.7 Å². The predicted octanol–water partition coefficient (Wildman–Crippen LogP) is 2.60. The highest BCUT2D eigenvalue weighted by Crippen LogP contribution is 2.29.